The molecule has 1 aromatic carbocycles. The van der Waals surface area contributed by atoms with Crippen LogP contribution >= 0.6 is 0 Å². The van der Waals surface area contributed by atoms with Crippen molar-refractivity contribution in [1.82, 2.24) is 20.3 Å². The molecule has 1 amide bonds. The highest BCUT2D eigenvalue weighted by atomic mass is 16.5. The molecule has 2 saturated heterocycles. The van der Waals surface area contributed by atoms with Gasteiger partial charge in [0.05, 0.1) is 18.0 Å². The number of aromatic nitrogens is 3. The van der Waals surface area contributed by atoms with Gasteiger partial charge in [-0.15, -0.1) is 10.2 Å². The van der Waals surface area contributed by atoms with E-state index in [4.69, 9.17) is 13.7 Å². The molecule has 3 aromatic rings. The Hall–Kier alpha value is -3.00. The van der Waals surface area contributed by atoms with Gasteiger partial charge in [-0.05, 0) is 45.7 Å². The summed E-state index contributed by atoms with van der Waals surface area (Å²) in [7, 11) is 0. The minimum absolute atomic E-state index is 0.00767. The van der Waals surface area contributed by atoms with Crippen LogP contribution in [0, 0.1) is 26.2 Å². The van der Waals surface area contributed by atoms with Crippen LogP contribution in [0.3, 0.4) is 0 Å². The molecule has 0 saturated carbocycles. The van der Waals surface area contributed by atoms with Gasteiger partial charge >= 0.3 is 0 Å². The van der Waals surface area contributed by atoms with Gasteiger partial charge in [0.25, 0.3) is 0 Å². The summed E-state index contributed by atoms with van der Waals surface area (Å²) in [6.45, 7) is 8.37. The lowest BCUT2D eigenvalue weighted by Crippen LogP contribution is -2.37. The summed E-state index contributed by atoms with van der Waals surface area (Å²) in [4.78, 5) is 15.2. The maximum absolute atomic E-state index is 13.2. The highest BCUT2D eigenvalue weighted by molar-refractivity contribution is 5.79. The molecular formula is C24H28N4O4. The summed E-state index contributed by atoms with van der Waals surface area (Å²) < 4.78 is 17.1. The fourth-order valence-corrected chi connectivity index (χ4v) is 4.99. The highest BCUT2D eigenvalue weighted by Gasteiger charge is 2.51. The number of benzene rings is 1. The van der Waals surface area contributed by atoms with Gasteiger partial charge in [-0.25, -0.2) is 0 Å². The average Bonchev–Trinajstić information content (AvgIpc) is 3.49. The lowest BCUT2D eigenvalue weighted by Gasteiger charge is -2.36. The molecule has 168 valence electrons. The number of carbonyl (C=O) groups excluding carboxylic acids is 1. The van der Waals surface area contributed by atoms with Crippen molar-refractivity contribution >= 4 is 5.91 Å². The zero-order valence-electron chi connectivity index (χ0n) is 18.8. The van der Waals surface area contributed by atoms with Gasteiger partial charge in [0.15, 0.2) is 0 Å². The van der Waals surface area contributed by atoms with E-state index in [0.717, 1.165) is 29.7 Å². The zero-order chi connectivity index (χ0) is 22.3. The van der Waals surface area contributed by atoms with Crippen LogP contribution < -0.4 is 0 Å². The third-order valence-electron chi connectivity index (χ3n) is 7.04. The lowest BCUT2D eigenvalue weighted by molar-refractivity contribution is -0.130. The fourth-order valence-electron chi connectivity index (χ4n) is 4.99. The third kappa shape index (κ3) is 3.72. The quantitative estimate of drug-likeness (QED) is 0.616. The lowest BCUT2D eigenvalue weighted by atomic mass is 9.72. The van der Waals surface area contributed by atoms with Gasteiger partial charge in [0.2, 0.25) is 17.7 Å². The summed E-state index contributed by atoms with van der Waals surface area (Å²) in [5, 5.41) is 12.7. The van der Waals surface area contributed by atoms with Crippen LogP contribution in [0.15, 0.2) is 33.2 Å². The van der Waals surface area contributed by atoms with Crippen LogP contribution in [-0.4, -0.2) is 52.5 Å². The molecule has 32 heavy (non-hydrogen) atoms. The van der Waals surface area contributed by atoms with Crippen molar-refractivity contribution in [3.8, 4) is 11.5 Å². The van der Waals surface area contributed by atoms with Crippen LogP contribution in [0.4, 0.5) is 0 Å². The molecule has 2 aliphatic heterocycles. The van der Waals surface area contributed by atoms with E-state index < -0.39 is 0 Å². The van der Waals surface area contributed by atoms with Crippen molar-refractivity contribution in [3.05, 3.63) is 52.7 Å². The van der Waals surface area contributed by atoms with Crippen molar-refractivity contribution in [1.29, 1.82) is 0 Å². The second kappa shape index (κ2) is 8.16. The largest absolute Gasteiger partial charge is 0.420 e. The Morgan fingerprint density at radius 2 is 1.88 bits per heavy atom. The first kappa shape index (κ1) is 20.9. The van der Waals surface area contributed by atoms with Gasteiger partial charge in [-0.1, -0.05) is 22.9 Å². The second-order valence-corrected chi connectivity index (χ2v) is 9.09. The van der Waals surface area contributed by atoms with Crippen LogP contribution in [-0.2, 0) is 16.0 Å². The molecule has 8 heteroatoms. The van der Waals surface area contributed by atoms with Gasteiger partial charge in [-0.2, -0.15) is 0 Å². The molecule has 0 radical (unpaired) electrons. The molecule has 1 unspecified atom stereocenters. The molecule has 2 aromatic heterocycles. The molecule has 2 aliphatic rings. The van der Waals surface area contributed by atoms with E-state index in [9.17, 15) is 4.79 Å². The average molecular weight is 437 g/mol. The van der Waals surface area contributed by atoms with Crippen LogP contribution in [0.2, 0.25) is 0 Å². The molecule has 0 N–H and O–H groups in total. The number of rotatable bonds is 4. The van der Waals surface area contributed by atoms with Crippen molar-refractivity contribution in [2.45, 2.75) is 46.0 Å². The summed E-state index contributed by atoms with van der Waals surface area (Å²) in [6.07, 6.45) is 2.03. The van der Waals surface area contributed by atoms with E-state index in [1.54, 1.807) is 0 Å². The molecule has 4 heterocycles. The monoisotopic (exact) mass is 436 g/mol. The van der Waals surface area contributed by atoms with E-state index >= 15 is 0 Å². The van der Waals surface area contributed by atoms with Crippen LogP contribution in [0.25, 0.3) is 11.5 Å². The zero-order valence-corrected chi connectivity index (χ0v) is 18.8. The highest BCUT2D eigenvalue weighted by Crippen LogP contribution is 2.49. The first-order valence-corrected chi connectivity index (χ1v) is 11.1. The van der Waals surface area contributed by atoms with Crippen molar-refractivity contribution in [3.63, 3.8) is 0 Å². The Morgan fingerprint density at radius 3 is 2.56 bits per heavy atom. The number of likely N-dealkylation sites (tertiary alicyclic amines) is 1. The Labute approximate surface area is 186 Å². The molecule has 5 rings (SSSR count). The predicted molar refractivity (Wildman–Crippen MR) is 116 cm³/mol. The smallest absolute Gasteiger partial charge is 0.247 e. The Morgan fingerprint density at radius 1 is 1.12 bits per heavy atom. The standard InChI is InChI=1S/C24H28N4O4/c1-15-4-6-18(7-5-15)22-25-26-23(31-22)20-13-28(14-24(20)8-10-30-11-9-24)21(29)12-19-16(2)27-32-17(19)3/h4-7,20H,8-14H2,1-3H3. The van der Waals surface area contributed by atoms with Crippen molar-refractivity contribution < 1.29 is 18.5 Å². The molecule has 0 aliphatic carbocycles. The van der Waals surface area contributed by atoms with E-state index in [2.05, 4.69) is 15.4 Å². The number of amides is 1. The number of ether oxygens (including phenoxy) is 1. The third-order valence-corrected chi connectivity index (χ3v) is 7.04. The summed E-state index contributed by atoms with van der Waals surface area (Å²) in [6, 6.07) is 8.05. The Bertz CT molecular complexity index is 1090. The van der Waals surface area contributed by atoms with E-state index in [-0.39, 0.29) is 17.2 Å². The molecule has 8 nitrogen and oxygen atoms in total. The number of nitrogens with zero attached hydrogens (tertiary/aromatic N) is 4. The maximum Gasteiger partial charge on any atom is 0.247 e. The van der Waals surface area contributed by atoms with Crippen LogP contribution in [0.5, 0.6) is 0 Å². The van der Waals surface area contributed by atoms with E-state index in [1.807, 2.05) is 49.9 Å². The summed E-state index contributed by atoms with van der Waals surface area (Å²) in [5.41, 5.74) is 3.62. The van der Waals surface area contributed by atoms with Gasteiger partial charge < -0.3 is 18.6 Å². The molecular weight excluding hydrogens is 408 g/mol. The second-order valence-electron chi connectivity index (χ2n) is 9.09. The predicted octanol–water partition coefficient (Wildman–Crippen LogP) is 3.62. The molecule has 0 bridgehead atoms. The fraction of sp³-hybridized carbons (Fsp3) is 0.500. The normalized spacial score (nSPS) is 20.2. The SMILES string of the molecule is Cc1ccc(-c2nnc(C3CN(C(=O)Cc4c(C)noc4C)CC34CCOCC4)o2)cc1. The topological polar surface area (TPSA) is 94.5 Å². The van der Waals surface area contributed by atoms with E-state index in [0.29, 0.717) is 50.3 Å². The van der Waals surface area contributed by atoms with Gasteiger partial charge in [-0.3, -0.25) is 4.79 Å². The van der Waals surface area contributed by atoms with E-state index in [1.165, 1.54) is 5.56 Å². The Kier molecular flexibility index (Phi) is 5.33. The van der Waals surface area contributed by atoms with Gasteiger partial charge in [0.1, 0.15) is 5.76 Å². The first-order chi connectivity index (χ1) is 15.4. The number of carbonyl (C=O) groups is 1. The van der Waals surface area contributed by atoms with Gasteiger partial charge in [0, 0.05) is 42.8 Å². The maximum atomic E-state index is 13.2. The number of hydrogen-bond donors (Lipinski definition) is 0. The first-order valence-electron chi connectivity index (χ1n) is 11.1. The molecule has 2 fully saturated rings. The minimum atomic E-state index is -0.107. The minimum Gasteiger partial charge on any atom is -0.420 e. The molecule has 1 atom stereocenters. The Balaban J connectivity index is 1.41. The molecule has 1 spiro atoms. The van der Waals surface area contributed by atoms with Crippen LogP contribution in [0.1, 0.15) is 47.2 Å². The number of hydrogen-bond acceptors (Lipinski definition) is 7. The summed E-state index contributed by atoms with van der Waals surface area (Å²) >= 11 is 0. The van der Waals surface area contributed by atoms with Crippen molar-refractivity contribution in [2.75, 3.05) is 26.3 Å². The van der Waals surface area contributed by atoms with Crippen molar-refractivity contribution in [2.24, 2.45) is 5.41 Å². The number of aryl methyl sites for hydroxylation is 3. The summed E-state index contributed by atoms with van der Waals surface area (Å²) in [5.74, 6) is 1.89.